The van der Waals surface area contributed by atoms with Crippen molar-refractivity contribution >= 4 is 29.5 Å². The SMILES string of the molecule is COC(=O)C1=C(CN2CCO[C@@H]3CN(C(=O)OC(C)(C)C)C[C@H]32)NC(c2ncc(F)cc2F)=NC1c1ccc(F)cc1Cl. The number of ether oxygens (including phenoxy) is 3. The summed E-state index contributed by atoms with van der Waals surface area (Å²) in [5, 5.41) is 3.00. The zero-order chi connectivity index (χ0) is 31.1. The first-order valence-electron chi connectivity index (χ1n) is 13.6. The van der Waals surface area contributed by atoms with Gasteiger partial charge in [-0.3, -0.25) is 9.89 Å². The Bertz CT molecular complexity index is 1500. The van der Waals surface area contributed by atoms with Gasteiger partial charge >= 0.3 is 12.1 Å². The number of nitrogens with one attached hydrogen (secondary N) is 1. The quantitative estimate of drug-likeness (QED) is 0.500. The van der Waals surface area contributed by atoms with Crippen LogP contribution in [0.5, 0.6) is 0 Å². The molecule has 0 radical (unpaired) electrons. The van der Waals surface area contributed by atoms with E-state index in [9.17, 15) is 22.8 Å². The average Bonchev–Trinajstić information content (AvgIpc) is 3.37. The van der Waals surface area contributed by atoms with Crippen LogP contribution in [0, 0.1) is 17.5 Å². The van der Waals surface area contributed by atoms with Crippen molar-refractivity contribution in [2.75, 3.05) is 39.9 Å². The fraction of sp³-hybridized carbons (Fsp3) is 0.448. The Kier molecular flexibility index (Phi) is 8.68. The summed E-state index contributed by atoms with van der Waals surface area (Å²) < 4.78 is 59.2. The Balaban J connectivity index is 1.54. The Morgan fingerprint density at radius 1 is 1.16 bits per heavy atom. The standard InChI is InChI=1S/C29H31ClF3N5O5/c1-29(2,3)43-28(40)38-13-21-22(14-38)42-8-7-37(21)12-20-23(27(39)41-4)24(17-6-5-15(31)9-18(17)30)36-26(35-20)25-19(33)10-16(32)11-34-25/h5-6,9-11,21-22,24H,7-8,12-14H2,1-4H3,(H,35,36)/t21-,22-,24?/m1/s1. The number of carbonyl (C=O) groups excluding carboxylic acids is 2. The molecular weight excluding hydrogens is 591 g/mol. The van der Waals surface area contributed by atoms with Gasteiger partial charge in [-0.2, -0.15) is 0 Å². The lowest BCUT2D eigenvalue weighted by Crippen LogP contribution is -2.53. The van der Waals surface area contributed by atoms with Crippen LogP contribution in [-0.2, 0) is 19.0 Å². The second kappa shape index (κ2) is 12.1. The predicted molar refractivity (Wildman–Crippen MR) is 150 cm³/mol. The van der Waals surface area contributed by atoms with Crippen LogP contribution in [0.1, 0.15) is 38.1 Å². The van der Waals surface area contributed by atoms with Gasteiger partial charge in [0.25, 0.3) is 0 Å². The van der Waals surface area contributed by atoms with Gasteiger partial charge in [-0.1, -0.05) is 17.7 Å². The van der Waals surface area contributed by atoms with Crippen molar-refractivity contribution in [3.05, 3.63) is 75.5 Å². The number of morpholine rings is 1. The molecule has 43 heavy (non-hydrogen) atoms. The van der Waals surface area contributed by atoms with Crippen LogP contribution in [0.4, 0.5) is 18.0 Å². The molecule has 5 rings (SSSR count). The molecule has 1 N–H and O–H groups in total. The lowest BCUT2D eigenvalue weighted by atomic mass is 9.94. The largest absolute Gasteiger partial charge is 0.466 e. The first kappa shape index (κ1) is 30.8. The lowest BCUT2D eigenvalue weighted by Gasteiger charge is -2.38. The molecule has 1 unspecified atom stereocenters. The van der Waals surface area contributed by atoms with E-state index in [1.807, 2.05) is 4.90 Å². The number of carbonyl (C=O) groups is 2. The van der Waals surface area contributed by atoms with Crippen molar-refractivity contribution < 1.29 is 37.0 Å². The maximum absolute atomic E-state index is 14.9. The van der Waals surface area contributed by atoms with E-state index in [0.717, 1.165) is 12.3 Å². The summed E-state index contributed by atoms with van der Waals surface area (Å²) in [5.41, 5.74) is -0.341. The predicted octanol–water partition coefficient (Wildman–Crippen LogP) is 3.99. The minimum absolute atomic E-state index is 0.0153. The number of hydrogen-bond donors (Lipinski definition) is 1. The number of nitrogens with zero attached hydrogens (tertiary/aromatic N) is 4. The van der Waals surface area contributed by atoms with Gasteiger partial charge in [-0.05, 0) is 32.9 Å². The highest BCUT2D eigenvalue weighted by Gasteiger charge is 2.44. The first-order valence-corrected chi connectivity index (χ1v) is 14.0. The average molecular weight is 622 g/mol. The van der Waals surface area contributed by atoms with Crippen molar-refractivity contribution in [1.82, 2.24) is 20.1 Å². The van der Waals surface area contributed by atoms with E-state index in [0.29, 0.717) is 38.0 Å². The summed E-state index contributed by atoms with van der Waals surface area (Å²) in [5.74, 6) is -3.28. The van der Waals surface area contributed by atoms with Gasteiger partial charge in [0.1, 0.15) is 29.0 Å². The number of amides is 1. The number of aromatic nitrogens is 1. The van der Waals surface area contributed by atoms with Crippen molar-refractivity contribution in [2.24, 2.45) is 4.99 Å². The van der Waals surface area contributed by atoms with Crippen molar-refractivity contribution in [3.8, 4) is 0 Å². The smallest absolute Gasteiger partial charge is 0.410 e. The normalized spacial score (nSPS) is 22.6. The van der Waals surface area contributed by atoms with E-state index >= 15 is 0 Å². The summed E-state index contributed by atoms with van der Waals surface area (Å²) in [6.45, 7) is 6.89. The molecular formula is C29H31ClF3N5O5. The molecule has 1 aromatic heterocycles. The number of rotatable bonds is 5. The monoisotopic (exact) mass is 621 g/mol. The van der Waals surface area contributed by atoms with Crippen LogP contribution in [-0.4, -0.2) is 90.3 Å². The fourth-order valence-corrected chi connectivity index (χ4v) is 5.63. The fourth-order valence-electron chi connectivity index (χ4n) is 5.36. The molecule has 230 valence electrons. The second-order valence-electron chi connectivity index (χ2n) is 11.4. The number of hydrogen-bond acceptors (Lipinski definition) is 9. The number of methoxy groups -OCH3 is 1. The van der Waals surface area contributed by atoms with Gasteiger partial charge < -0.3 is 24.4 Å². The minimum Gasteiger partial charge on any atom is -0.466 e. The third-order valence-corrected chi connectivity index (χ3v) is 7.58. The van der Waals surface area contributed by atoms with E-state index in [1.54, 1.807) is 25.7 Å². The van der Waals surface area contributed by atoms with Crippen LogP contribution >= 0.6 is 11.6 Å². The van der Waals surface area contributed by atoms with E-state index in [-0.39, 0.29) is 46.4 Å². The van der Waals surface area contributed by atoms with Gasteiger partial charge in [0, 0.05) is 42.0 Å². The number of amidine groups is 1. The highest BCUT2D eigenvalue weighted by molar-refractivity contribution is 6.31. The molecule has 0 spiro atoms. The molecule has 2 saturated heterocycles. The molecule has 4 heterocycles. The van der Waals surface area contributed by atoms with Crippen molar-refractivity contribution in [2.45, 2.75) is 44.6 Å². The lowest BCUT2D eigenvalue weighted by molar-refractivity contribution is -0.136. The van der Waals surface area contributed by atoms with Gasteiger partial charge in [0.2, 0.25) is 0 Å². The van der Waals surface area contributed by atoms with Gasteiger partial charge in [0.15, 0.2) is 11.7 Å². The third kappa shape index (κ3) is 6.63. The highest BCUT2D eigenvalue weighted by Crippen LogP contribution is 2.37. The molecule has 10 nitrogen and oxygen atoms in total. The summed E-state index contributed by atoms with van der Waals surface area (Å²) in [6.07, 6.45) is 0.0608. The Morgan fingerprint density at radius 3 is 2.60 bits per heavy atom. The number of likely N-dealkylation sites (tertiary alicyclic amines) is 1. The first-order chi connectivity index (χ1) is 20.3. The number of benzene rings is 1. The topological polar surface area (TPSA) is 106 Å². The number of fused-ring (bicyclic) bond motifs is 1. The second-order valence-corrected chi connectivity index (χ2v) is 11.8. The van der Waals surface area contributed by atoms with Crippen molar-refractivity contribution in [1.29, 1.82) is 0 Å². The molecule has 2 fully saturated rings. The van der Waals surface area contributed by atoms with E-state index in [1.165, 1.54) is 19.2 Å². The Hall–Kier alpha value is -3.68. The van der Waals surface area contributed by atoms with Gasteiger partial charge in [-0.15, -0.1) is 0 Å². The molecule has 2 aromatic rings. The zero-order valence-electron chi connectivity index (χ0n) is 24.0. The maximum atomic E-state index is 14.9. The van der Waals surface area contributed by atoms with E-state index in [4.69, 9.17) is 25.8 Å². The summed E-state index contributed by atoms with van der Waals surface area (Å²) in [4.78, 5) is 38.1. The van der Waals surface area contributed by atoms with E-state index in [2.05, 4.69) is 15.3 Å². The third-order valence-electron chi connectivity index (χ3n) is 7.25. The van der Waals surface area contributed by atoms with Crippen LogP contribution in [0.25, 0.3) is 0 Å². The molecule has 3 aliphatic heterocycles. The zero-order valence-corrected chi connectivity index (χ0v) is 24.8. The molecule has 0 saturated carbocycles. The summed E-state index contributed by atoms with van der Waals surface area (Å²) in [7, 11) is 1.21. The number of aliphatic imine (C=N–C) groups is 1. The van der Waals surface area contributed by atoms with Gasteiger partial charge in [-0.25, -0.2) is 27.7 Å². The molecule has 3 atom stereocenters. The molecule has 3 aliphatic rings. The van der Waals surface area contributed by atoms with Crippen molar-refractivity contribution in [3.63, 3.8) is 0 Å². The molecule has 0 bridgehead atoms. The molecule has 1 amide bonds. The highest BCUT2D eigenvalue weighted by atomic mass is 35.5. The van der Waals surface area contributed by atoms with Crippen LogP contribution in [0.2, 0.25) is 5.02 Å². The van der Waals surface area contributed by atoms with Gasteiger partial charge in [0.05, 0.1) is 44.2 Å². The van der Waals surface area contributed by atoms with Crippen LogP contribution < -0.4 is 5.32 Å². The van der Waals surface area contributed by atoms with E-state index < -0.39 is 41.2 Å². The minimum atomic E-state index is -1.14. The number of esters is 1. The van der Waals surface area contributed by atoms with Crippen LogP contribution in [0.3, 0.4) is 0 Å². The molecule has 14 heteroatoms. The molecule has 0 aliphatic carbocycles. The maximum Gasteiger partial charge on any atom is 0.410 e. The summed E-state index contributed by atoms with van der Waals surface area (Å²) in [6, 6.07) is 2.89. The Morgan fingerprint density at radius 2 is 1.93 bits per heavy atom. The molecule has 1 aromatic carbocycles. The number of pyridine rings is 1. The Labute approximate surface area is 251 Å². The number of halogens is 4. The van der Waals surface area contributed by atoms with Crippen LogP contribution in [0.15, 0.2) is 46.7 Å². The summed E-state index contributed by atoms with van der Waals surface area (Å²) >= 11 is 6.41.